The summed E-state index contributed by atoms with van der Waals surface area (Å²) < 4.78 is 27.6. The first kappa shape index (κ1) is 22.6. The molecule has 0 aliphatic carbocycles. The SMILES string of the molecule is CC(=O)Nc1ccc(S(=O)(=O)NC(C)C(=O)N2CCC3CCC(C2)N3)cc1.Cl. The van der Waals surface area contributed by atoms with Crippen LogP contribution in [0.4, 0.5) is 5.69 Å². The van der Waals surface area contributed by atoms with Gasteiger partial charge in [0.25, 0.3) is 0 Å². The molecule has 2 bridgehead atoms. The Hall–Kier alpha value is -1.68. The van der Waals surface area contributed by atoms with Gasteiger partial charge >= 0.3 is 0 Å². The molecule has 0 saturated carbocycles. The van der Waals surface area contributed by atoms with Gasteiger partial charge in [-0.3, -0.25) is 9.59 Å². The first-order chi connectivity index (χ1) is 12.7. The Morgan fingerprint density at radius 2 is 1.79 bits per heavy atom. The number of fused-ring (bicyclic) bond motifs is 2. The second-order valence-electron chi connectivity index (χ2n) is 7.26. The van der Waals surface area contributed by atoms with E-state index in [2.05, 4.69) is 15.4 Å². The number of nitrogens with zero attached hydrogens (tertiary/aromatic N) is 1. The van der Waals surface area contributed by atoms with E-state index in [4.69, 9.17) is 0 Å². The lowest BCUT2D eigenvalue weighted by Gasteiger charge is -2.27. The number of halogens is 1. The standard InChI is InChI=1S/C18H26N4O4S.ClH/c1-12(18(24)22-10-9-15-3-4-16(11-22)20-15)21-27(25,26)17-7-5-14(6-8-17)19-13(2)23;/h5-8,12,15-16,20-21H,3-4,9-11H2,1-2H3,(H,19,23);1H. The zero-order valence-corrected chi connectivity index (χ0v) is 17.6. The summed E-state index contributed by atoms with van der Waals surface area (Å²) in [6.45, 7) is 4.21. The number of amides is 2. The van der Waals surface area contributed by atoms with E-state index in [0.29, 0.717) is 30.9 Å². The molecule has 10 heteroatoms. The molecule has 3 N–H and O–H groups in total. The highest BCUT2D eigenvalue weighted by Gasteiger charge is 2.33. The number of benzene rings is 1. The van der Waals surface area contributed by atoms with Gasteiger partial charge in [0.05, 0.1) is 10.9 Å². The molecule has 0 radical (unpaired) electrons. The molecule has 0 aromatic heterocycles. The fraction of sp³-hybridized carbons (Fsp3) is 0.556. The minimum Gasteiger partial charge on any atom is -0.340 e. The number of carbonyl (C=O) groups is 2. The van der Waals surface area contributed by atoms with E-state index < -0.39 is 16.1 Å². The number of hydrogen-bond donors (Lipinski definition) is 3. The molecule has 2 saturated heterocycles. The minimum atomic E-state index is -3.83. The van der Waals surface area contributed by atoms with Crippen LogP contribution in [0.25, 0.3) is 0 Å². The average molecular weight is 431 g/mol. The van der Waals surface area contributed by atoms with E-state index in [1.165, 1.54) is 31.2 Å². The molecule has 2 aliphatic rings. The zero-order valence-electron chi connectivity index (χ0n) is 16.0. The Morgan fingerprint density at radius 3 is 2.43 bits per heavy atom. The first-order valence-corrected chi connectivity index (χ1v) is 10.7. The van der Waals surface area contributed by atoms with Crippen LogP contribution in [0.15, 0.2) is 29.2 Å². The van der Waals surface area contributed by atoms with Crippen LogP contribution >= 0.6 is 12.4 Å². The summed E-state index contributed by atoms with van der Waals surface area (Å²) in [6.07, 6.45) is 3.09. The van der Waals surface area contributed by atoms with Crippen LogP contribution in [0, 0.1) is 0 Å². The summed E-state index contributed by atoms with van der Waals surface area (Å²) in [5.74, 6) is -0.439. The second-order valence-corrected chi connectivity index (χ2v) is 8.97. The summed E-state index contributed by atoms with van der Waals surface area (Å²) in [7, 11) is -3.83. The summed E-state index contributed by atoms with van der Waals surface area (Å²) in [5.41, 5.74) is 0.512. The molecule has 2 heterocycles. The Bertz CT molecular complexity index is 815. The van der Waals surface area contributed by atoms with Crippen LogP contribution in [0.5, 0.6) is 0 Å². The van der Waals surface area contributed by atoms with Crippen molar-refractivity contribution in [2.24, 2.45) is 0 Å². The van der Waals surface area contributed by atoms with Gasteiger partial charge in [-0.15, -0.1) is 12.4 Å². The van der Waals surface area contributed by atoms with Gasteiger partial charge in [-0.05, 0) is 50.5 Å². The highest BCUT2D eigenvalue weighted by Crippen LogP contribution is 2.21. The van der Waals surface area contributed by atoms with Crippen molar-refractivity contribution in [3.63, 3.8) is 0 Å². The number of likely N-dealkylation sites (tertiary alicyclic amines) is 1. The number of nitrogens with one attached hydrogen (secondary N) is 3. The number of anilines is 1. The molecule has 2 amide bonds. The lowest BCUT2D eigenvalue weighted by molar-refractivity contribution is -0.132. The number of hydrogen-bond acceptors (Lipinski definition) is 5. The highest BCUT2D eigenvalue weighted by molar-refractivity contribution is 7.89. The highest BCUT2D eigenvalue weighted by atomic mass is 35.5. The number of rotatable bonds is 5. The molecular formula is C18H27ClN4O4S. The fourth-order valence-corrected chi connectivity index (χ4v) is 4.89. The quantitative estimate of drug-likeness (QED) is 0.648. The molecule has 3 unspecified atom stereocenters. The summed E-state index contributed by atoms with van der Waals surface area (Å²) in [5, 5.41) is 6.09. The van der Waals surface area contributed by atoms with Gasteiger partial charge in [0, 0.05) is 37.8 Å². The summed E-state index contributed by atoms with van der Waals surface area (Å²) in [6, 6.07) is 5.74. The van der Waals surface area contributed by atoms with Crippen LogP contribution in [0.1, 0.15) is 33.1 Å². The van der Waals surface area contributed by atoms with Gasteiger partial charge in [-0.2, -0.15) is 4.72 Å². The van der Waals surface area contributed by atoms with Crippen molar-refractivity contribution in [3.8, 4) is 0 Å². The molecule has 1 aromatic carbocycles. The fourth-order valence-electron chi connectivity index (χ4n) is 3.69. The van der Waals surface area contributed by atoms with Gasteiger partial charge in [0.15, 0.2) is 0 Å². The van der Waals surface area contributed by atoms with Crippen molar-refractivity contribution < 1.29 is 18.0 Å². The molecule has 156 valence electrons. The lowest BCUT2D eigenvalue weighted by atomic mass is 10.1. The Kier molecular flexibility index (Phi) is 7.44. The smallest absolute Gasteiger partial charge is 0.241 e. The number of carbonyl (C=O) groups excluding carboxylic acids is 2. The molecule has 3 atom stereocenters. The van der Waals surface area contributed by atoms with E-state index in [0.717, 1.165) is 19.3 Å². The van der Waals surface area contributed by atoms with Crippen molar-refractivity contribution in [3.05, 3.63) is 24.3 Å². The second kappa shape index (κ2) is 9.21. The van der Waals surface area contributed by atoms with E-state index in [1.54, 1.807) is 11.8 Å². The molecule has 0 spiro atoms. The third-order valence-electron chi connectivity index (χ3n) is 5.02. The van der Waals surface area contributed by atoms with Crippen molar-refractivity contribution in [1.29, 1.82) is 0 Å². The minimum absolute atomic E-state index is 0. The largest absolute Gasteiger partial charge is 0.340 e. The zero-order chi connectivity index (χ0) is 19.6. The normalized spacial score (nSPS) is 22.7. The van der Waals surface area contributed by atoms with Crippen LogP contribution in [-0.4, -0.2) is 56.3 Å². The molecule has 2 aliphatic heterocycles. The van der Waals surface area contributed by atoms with E-state index >= 15 is 0 Å². The van der Waals surface area contributed by atoms with Crippen molar-refractivity contribution in [2.45, 2.75) is 56.1 Å². The van der Waals surface area contributed by atoms with Crippen molar-refractivity contribution in [1.82, 2.24) is 14.9 Å². The molecule has 3 rings (SSSR count). The summed E-state index contributed by atoms with van der Waals surface area (Å²) >= 11 is 0. The first-order valence-electron chi connectivity index (χ1n) is 9.19. The molecule has 8 nitrogen and oxygen atoms in total. The maximum atomic E-state index is 12.7. The predicted octanol–water partition coefficient (Wildman–Crippen LogP) is 1.09. The molecule has 1 aromatic rings. The van der Waals surface area contributed by atoms with Crippen LogP contribution in [0.3, 0.4) is 0 Å². The van der Waals surface area contributed by atoms with Gasteiger partial charge in [-0.1, -0.05) is 0 Å². The maximum absolute atomic E-state index is 12.7. The summed E-state index contributed by atoms with van der Waals surface area (Å²) in [4.78, 5) is 25.6. The monoisotopic (exact) mass is 430 g/mol. The predicted molar refractivity (Wildman–Crippen MR) is 109 cm³/mol. The third-order valence-corrected chi connectivity index (χ3v) is 6.58. The van der Waals surface area contributed by atoms with Crippen molar-refractivity contribution >= 4 is 39.9 Å². The molecule has 28 heavy (non-hydrogen) atoms. The molecule has 2 fully saturated rings. The van der Waals surface area contributed by atoms with Gasteiger partial charge in [0.1, 0.15) is 0 Å². The maximum Gasteiger partial charge on any atom is 0.241 e. The molecular weight excluding hydrogens is 404 g/mol. The van der Waals surface area contributed by atoms with E-state index in [-0.39, 0.29) is 29.1 Å². The van der Waals surface area contributed by atoms with Gasteiger partial charge < -0.3 is 15.5 Å². The third kappa shape index (κ3) is 5.44. The van der Waals surface area contributed by atoms with E-state index in [1.807, 2.05) is 0 Å². The van der Waals surface area contributed by atoms with Crippen LogP contribution in [0.2, 0.25) is 0 Å². The topological polar surface area (TPSA) is 108 Å². The average Bonchev–Trinajstić information content (AvgIpc) is 2.93. The van der Waals surface area contributed by atoms with Crippen LogP contribution in [-0.2, 0) is 19.6 Å². The van der Waals surface area contributed by atoms with Crippen LogP contribution < -0.4 is 15.4 Å². The van der Waals surface area contributed by atoms with Crippen molar-refractivity contribution in [2.75, 3.05) is 18.4 Å². The Balaban J connectivity index is 0.00000280. The number of sulfonamides is 1. The van der Waals surface area contributed by atoms with Gasteiger partial charge in [0.2, 0.25) is 21.8 Å². The van der Waals surface area contributed by atoms with E-state index in [9.17, 15) is 18.0 Å². The lowest BCUT2D eigenvalue weighted by Crippen LogP contribution is -2.49. The Morgan fingerprint density at radius 1 is 1.14 bits per heavy atom. The Labute approximate surface area is 171 Å². The van der Waals surface area contributed by atoms with Gasteiger partial charge in [-0.25, -0.2) is 8.42 Å².